The van der Waals surface area contributed by atoms with Gasteiger partial charge in [-0.3, -0.25) is 0 Å². The maximum atomic E-state index is 5.65. The summed E-state index contributed by atoms with van der Waals surface area (Å²) in [5.41, 5.74) is 3.75. The Labute approximate surface area is 104 Å². The van der Waals surface area contributed by atoms with Crippen LogP contribution in [0.5, 0.6) is 5.75 Å². The summed E-state index contributed by atoms with van der Waals surface area (Å²) in [6.45, 7) is 6.59. The van der Waals surface area contributed by atoms with Gasteiger partial charge in [-0.05, 0) is 30.4 Å². The Kier molecular flexibility index (Phi) is 3.17. The predicted octanol–water partition coefficient (Wildman–Crippen LogP) is 3.63. The molecule has 1 aromatic rings. The average molecular weight is 234 g/mol. The van der Waals surface area contributed by atoms with Crippen LogP contribution in [0.3, 0.4) is 0 Å². The number of methoxy groups -OCH3 is 2. The maximum Gasteiger partial charge on any atom is 0.128 e. The Morgan fingerprint density at radius 3 is 2.59 bits per heavy atom. The van der Waals surface area contributed by atoms with Crippen molar-refractivity contribution in [1.82, 2.24) is 0 Å². The normalized spacial score (nSPS) is 23.8. The molecule has 2 atom stereocenters. The second-order valence-electron chi connectivity index (χ2n) is 5.14. The van der Waals surface area contributed by atoms with Crippen molar-refractivity contribution < 1.29 is 9.47 Å². The van der Waals surface area contributed by atoms with Crippen molar-refractivity contribution in [3.05, 3.63) is 28.8 Å². The average Bonchev–Trinajstić information content (AvgIpc) is 2.35. The summed E-state index contributed by atoms with van der Waals surface area (Å²) in [7, 11) is 3.54. The molecule has 1 aromatic carbocycles. The third-order valence-electron chi connectivity index (χ3n) is 4.13. The Balaban J connectivity index is 2.53. The molecule has 1 aliphatic rings. The van der Waals surface area contributed by atoms with E-state index in [1.165, 1.54) is 16.7 Å². The molecule has 94 valence electrons. The molecule has 2 heteroatoms. The molecule has 0 saturated heterocycles. The highest BCUT2D eigenvalue weighted by Gasteiger charge is 2.42. The molecule has 2 nitrogen and oxygen atoms in total. The molecular formula is C15H22O2. The van der Waals surface area contributed by atoms with Gasteiger partial charge in [0.25, 0.3) is 0 Å². The second-order valence-corrected chi connectivity index (χ2v) is 5.14. The monoisotopic (exact) mass is 234 g/mol. The SMILES string of the molecule is CCC(C)c1ccc2c(c1OC)C(C)(OC)C2. The first-order valence-corrected chi connectivity index (χ1v) is 6.32. The van der Waals surface area contributed by atoms with Crippen LogP contribution in [0.1, 0.15) is 49.8 Å². The molecule has 0 N–H and O–H groups in total. The first-order chi connectivity index (χ1) is 8.07. The Bertz CT molecular complexity index is 425. The van der Waals surface area contributed by atoms with E-state index in [0.717, 1.165) is 18.6 Å². The summed E-state index contributed by atoms with van der Waals surface area (Å²) in [5, 5.41) is 0. The molecule has 1 aliphatic carbocycles. The van der Waals surface area contributed by atoms with Gasteiger partial charge < -0.3 is 9.47 Å². The minimum Gasteiger partial charge on any atom is -0.496 e. The number of fused-ring (bicyclic) bond motifs is 1. The van der Waals surface area contributed by atoms with Crippen molar-refractivity contribution in [3.63, 3.8) is 0 Å². The molecule has 0 spiro atoms. The summed E-state index contributed by atoms with van der Waals surface area (Å²) in [6, 6.07) is 4.43. The first-order valence-electron chi connectivity index (χ1n) is 6.32. The number of rotatable bonds is 4. The van der Waals surface area contributed by atoms with Gasteiger partial charge in [0.1, 0.15) is 5.75 Å². The molecule has 0 aliphatic heterocycles. The third kappa shape index (κ3) is 1.75. The Morgan fingerprint density at radius 2 is 2.06 bits per heavy atom. The molecule has 0 amide bonds. The van der Waals surface area contributed by atoms with Gasteiger partial charge in [0.2, 0.25) is 0 Å². The van der Waals surface area contributed by atoms with Crippen LogP contribution in [-0.4, -0.2) is 14.2 Å². The van der Waals surface area contributed by atoms with E-state index >= 15 is 0 Å². The maximum absolute atomic E-state index is 5.65. The number of hydrogen-bond acceptors (Lipinski definition) is 2. The van der Waals surface area contributed by atoms with Gasteiger partial charge in [-0.2, -0.15) is 0 Å². The summed E-state index contributed by atoms with van der Waals surface area (Å²) < 4.78 is 11.3. The Hall–Kier alpha value is -1.02. The lowest BCUT2D eigenvalue weighted by Gasteiger charge is -2.41. The van der Waals surface area contributed by atoms with Crippen molar-refractivity contribution >= 4 is 0 Å². The van der Waals surface area contributed by atoms with Crippen molar-refractivity contribution in [2.45, 2.75) is 45.1 Å². The number of benzene rings is 1. The van der Waals surface area contributed by atoms with E-state index in [1.54, 1.807) is 14.2 Å². The van der Waals surface area contributed by atoms with E-state index in [0.29, 0.717) is 5.92 Å². The van der Waals surface area contributed by atoms with E-state index in [2.05, 4.69) is 32.9 Å². The predicted molar refractivity (Wildman–Crippen MR) is 69.8 cm³/mol. The van der Waals surface area contributed by atoms with E-state index in [1.807, 2.05) is 0 Å². The minimum atomic E-state index is -0.163. The quantitative estimate of drug-likeness (QED) is 0.792. The second kappa shape index (κ2) is 4.34. The fraction of sp³-hybridized carbons (Fsp3) is 0.600. The van der Waals surface area contributed by atoms with Gasteiger partial charge in [-0.25, -0.2) is 0 Å². The van der Waals surface area contributed by atoms with Gasteiger partial charge in [-0.15, -0.1) is 0 Å². The van der Waals surface area contributed by atoms with Crippen LogP contribution >= 0.6 is 0 Å². The standard InChI is InChI=1S/C15H22O2/c1-6-10(2)12-8-7-11-9-15(3,17-5)13(11)14(12)16-4/h7-8,10H,6,9H2,1-5H3. The third-order valence-corrected chi connectivity index (χ3v) is 4.13. The zero-order chi connectivity index (χ0) is 12.6. The van der Waals surface area contributed by atoms with Gasteiger partial charge in [0.15, 0.2) is 0 Å². The summed E-state index contributed by atoms with van der Waals surface area (Å²) in [5.74, 6) is 1.56. The fourth-order valence-electron chi connectivity index (χ4n) is 2.71. The zero-order valence-corrected chi connectivity index (χ0v) is 11.5. The summed E-state index contributed by atoms with van der Waals surface area (Å²) >= 11 is 0. The highest BCUT2D eigenvalue weighted by atomic mass is 16.5. The largest absolute Gasteiger partial charge is 0.496 e. The number of hydrogen-bond donors (Lipinski definition) is 0. The van der Waals surface area contributed by atoms with Crippen molar-refractivity contribution in [2.75, 3.05) is 14.2 Å². The molecule has 0 radical (unpaired) electrons. The molecule has 0 bridgehead atoms. The van der Waals surface area contributed by atoms with Gasteiger partial charge in [0.05, 0.1) is 12.7 Å². The molecule has 2 rings (SSSR count). The molecule has 0 fully saturated rings. The summed E-state index contributed by atoms with van der Waals surface area (Å²) in [6.07, 6.45) is 2.11. The molecule has 17 heavy (non-hydrogen) atoms. The van der Waals surface area contributed by atoms with Gasteiger partial charge in [-0.1, -0.05) is 26.0 Å². The molecule has 0 aromatic heterocycles. The molecular weight excluding hydrogens is 212 g/mol. The highest BCUT2D eigenvalue weighted by molar-refractivity contribution is 5.56. The molecule has 0 heterocycles. The van der Waals surface area contributed by atoms with Crippen LogP contribution in [0.25, 0.3) is 0 Å². The van der Waals surface area contributed by atoms with Crippen LogP contribution in [0.2, 0.25) is 0 Å². The van der Waals surface area contributed by atoms with Crippen molar-refractivity contribution in [2.24, 2.45) is 0 Å². The lowest BCUT2D eigenvalue weighted by atomic mass is 9.72. The van der Waals surface area contributed by atoms with Crippen LogP contribution in [-0.2, 0) is 16.8 Å². The zero-order valence-electron chi connectivity index (χ0n) is 11.5. The van der Waals surface area contributed by atoms with Crippen molar-refractivity contribution in [1.29, 1.82) is 0 Å². The van der Waals surface area contributed by atoms with Gasteiger partial charge in [0, 0.05) is 19.1 Å². The lowest BCUT2D eigenvalue weighted by Crippen LogP contribution is -2.38. The fourth-order valence-corrected chi connectivity index (χ4v) is 2.71. The lowest BCUT2D eigenvalue weighted by molar-refractivity contribution is -0.0204. The van der Waals surface area contributed by atoms with E-state index in [9.17, 15) is 0 Å². The molecule has 0 saturated carbocycles. The van der Waals surface area contributed by atoms with Crippen LogP contribution in [0.4, 0.5) is 0 Å². The van der Waals surface area contributed by atoms with Crippen LogP contribution < -0.4 is 4.74 Å². The van der Waals surface area contributed by atoms with Crippen LogP contribution in [0.15, 0.2) is 12.1 Å². The smallest absolute Gasteiger partial charge is 0.128 e. The Morgan fingerprint density at radius 1 is 1.35 bits per heavy atom. The molecule has 2 unspecified atom stereocenters. The highest BCUT2D eigenvalue weighted by Crippen LogP contribution is 2.49. The number of ether oxygens (including phenoxy) is 2. The first kappa shape index (κ1) is 12.4. The summed E-state index contributed by atoms with van der Waals surface area (Å²) in [4.78, 5) is 0. The van der Waals surface area contributed by atoms with Gasteiger partial charge >= 0.3 is 0 Å². The van der Waals surface area contributed by atoms with E-state index in [-0.39, 0.29) is 5.60 Å². The van der Waals surface area contributed by atoms with E-state index in [4.69, 9.17) is 9.47 Å². The topological polar surface area (TPSA) is 18.5 Å². The van der Waals surface area contributed by atoms with Crippen LogP contribution in [0, 0.1) is 0 Å². The van der Waals surface area contributed by atoms with Crippen molar-refractivity contribution in [3.8, 4) is 5.75 Å². The minimum absolute atomic E-state index is 0.163. The van der Waals surface area contributed by atoms with E-state index < -0.39 is 0 Å².